The summed E-state index contributed by atoms with van der Waals surface area (Å²) in [6.07, 6.45) is 3.48. The Morgan fingerprint density at radius 2 is 1.96 bits per heavy atom. The number of hydrogen-bond donors (Lipinski definition) is 0. The molecule has 25 heavy (non-hydrogen) atoms. The molecule has 2 aliphatic heterocycles. The molecule has 1 unspecified atom stereocenters. The number of piperidine rings is 1. The molecule has 2 aliphatic rings. The predicted molar refractivity (Wildman–Crippen MR) is 93.5 cm³/mol. The first-order valence-electron chi connectivity index (χ1n) is 8.92. The Morgan fingerprint density at radius 3 is 2.56 bits per heavy atom. The van der Waals surface area contributed by atoms with Gasteiger partial charge in [0, 0.05) is 32.6 Å². The summed E-state index contributed by atoms with van der Waals surface area (Å²) in [5, 5.41) is 4.34. The van der Waals surface area contributed by atoms with Gasteiger partial charge in [0.2, 0.25) is 15.9 Å². The molecule has 1 amide bonds. The van der Waals surface area contributed by atoms with E-state index < -0.39 is 10.0 Å². The normalized spacial score (nSPS) is 22.8. The Bertz CT molecular complexity index is 739. The van der Waals surface area contributed by atoms with E-state index in [-0.39, 0.29) is 23.7 Å². The van der Waals surface area contributed by atoms with E-state index in [4.69, 9.17) is 0 Å². The number of carbonyl (C=O) groups is 1. The molecule has 140 valence electrons. The fourth-order valence-corrected chi connectivity index (χ4v) is 5.44. The zero-order chi connectivity index (χ0) is 18.2. The van der Waals surface area contributed by atoms with Crippen LogP contribution in [-0.4, -0.2) is 69.7 Å². The molecule has 0 aliphatic carbocycles. The van der Waals surface area contributed by atoms with Crippen LogP contribution < -0.4 is 0 Å². The maximum absolute atomic E-state index is 12.6. The summed E-state index contributed by atoms with van der Waals surface area (Å²) in [6.45, 7) is 6.93. The quantitative estimate of drug-likeness (QED) is 0.768. The summed E-state index contributed by atoms with van der Waals surface area (Å²) in [4.78, 5) is 17.8. The lowest BCUT2D eigenvalue weighted by molar-refractivity contribution is -0.132. The molecule has 0 aromatic carbocycles. The minimum Gasteiger partial charge on any atom is -0.340 e. The third-order valence-electron chi connectivity index (χ3n) is 5.22. The molecule has 9 heteroatoms. The van der Waals surface area contributed by atoms with Crippen molar-refractivity contribution in [3.63, 3.8) is 0 Å². The van der Waals surface area contributed by atoms with Crippen LogP contribution in [0.2, 0.25) is 0 Å². The summed E-state index contributed by atoms with van der Waals surface area (Å²) >= 11 is 0. The first kappa shape index (κ1) is 18.3. The van der Waals surface area contributed by atoms with Crippen molar-refractivity contribution in [3.8, 4) is 0 Å². The molecule has 2 saturated heterocycles. The Hall–Kier alpha value is -1.48. The van der Waals surface area contributed by atoms with Crippen LogP contribution in [0.25, 0.3) is 0 Å². The maximum atomic E-state index is 12.6. The Labute approximate surface area is 149 Å². The zero-order valence-electron chi connectivity index (χ0n) is 15.2. The van der Waals surface area contributed by atoms with Crippen LogP contribution in [0.3, 0.4) is 0 Å². The average Bonchev–Trinajstić information content (AvgIpc) is 2.82. The molecule has 3 heterocycles. The second-order valence-electron chi connectivity index (χ2n) is 7.09. The molecule has 0 bridgehead atoms. The summed E-state index contributed by atoms with van der Waals surface area (Å²) in [5.74, 6) is 1.67. The highest BCUT2D eigenvalue weighted by Crippen LogP contribution is 2.27. The van der Waals surface area contributed by atoms with Gasteiger partial charge in [-0.2, -0.15) is 9.40 Å². The highest BCUT2D eigenvalue weighted by molar-refractivity contribution is 7.89. The van der Waals surface area contributed by atoms with Crippen molar-refractivity contribution in [3.05, 3.63) is 11.6 Å². The molecule has 0 N–H and O–H groups in total. The van der Waals surface area contributed by atoms with Crippen LogP contribution in [0, 0.1) is 13.8 Å². The van der Waals surface area contributed by atoms with Crippen molar-refractivity contribution in [2.75, 3.05) is 25.4 Å². The monoisotopic (exact) mass is 369 g/mol. The third kappa shape index (κ3) is 3.87. The van der Waals surface area contributed by atoms with Crippen LogP contribution in [0.1, 0.15) is 50.3 Å². The minimum absolute atomic E-state index is 0.0446. The molecule has 8 nitrogen and oxygen atoms in total. The van der Waals surface area contributed by atoms with Crippen LogP contribution in [0.15, 0.2) is 0 Å². The zero-order valence-corrected chi connectivity index (χ0v) is 16.0. The van der Waals surface area contributed by atoms with E-state index in [1.165, 1.54) is 4.31 Å². The van der Waals surface area contributed by atoms with E-state index in [1.807, 2.05) is 23.4 Å². The lowest BCUT2D eigenvalue weighted by Gasteiger charge is -2.39. The molecule has 0 radical (unpaired) electrons. The van der Waals surface area contributed by atoms with Crippen molar-refractivity contribution < 1.29 is 13.2 Å². The van der Waals surface area contributed by atoms with Crippen LogP contribution in [-0.2, 0) is 14.8 Å². The van der Waals surface area contributed by atoms with E-state index in [0.717, 1.165) is 31.6 Å². The van der Waals surface area contributed by atoms with Gasteiger partial charge in [-0.05, 0) is 39.5 Å². The second kappa shape index (κ2) is 7.03. The highest BCUT2D eigenvalue weighted by Gasteiger charge is 2.38. The van der Waals surface area contributed by atoms with Crippen molar-refractivity contribution in [1.82, 2.24) is 24.0 Å². The number of aryl methyl sites for hydroxylation is 2. The van der Waals surface area contributed by atoms with E-state index in [9.17, 15) is 13.2 Å². The molecular formula is C16H27N5O3S. The van der Waals surface area contributed by atoms with Crippen molar-refractivity contribution in [1.29, 1.82) is 0 Å². The number of nitrogens with zero attached hydrogens (tertiary/aromatic N) is 5. The molecule has 3 rings (SSSR count). The molecule has 2 fully saturated rings. The predicted octanol–water partition coefficient (Wildman–Crippen LogP) is 0.873. The number of rotatable bonds is 5. The minimum atomic E-state index is -3.29. The van der Waals surface area contributed by atoms with Gasteiger partial charge in [-0.1, -0.05) is 0 Å². The van der Waals surface area contributed by atoms with E-state index >= 15 is 0 Å². The van der Waals surface area contributed by atoms with Gasteiger partial charge in [-0.3, -0.25) is 4.79 Å². The first-order chi connectivity index (χ1) is 11.8. The molecule has 1 aromatic heterocycles. The number of carbonyl (C=O) groups excluding carboxylic acids is 1. The van der Waals surface area contributed by atoms with Gasteiger partial charge < -0.3 is 4.90 Å². The number of likely N-dealkylation sites (tertiary alicyclic amines) is 1. The highest BCUT2D eigenvalue weighted by atomic mass is 32.2. The molecule has 0 spiro atoms. The summed E-state index contributed by atoms with van der Waals surface area (Å²) in [6, 6.07) is 0.123. The summed E-state index contributed by atoms with van der Waals surface area (Å²) in [7, 11) is -3.29. The topological polar surface area (TPSA) is 88.4 Å². The Balaban J connectivity index is 1.55. The number of aromatic nitrogens is 3. The lowest BCUT2D eigenvalue weighted by Crippen LogP contribution is -2.52. The summed E-state index contributed by atoms with van der Waals surface area (Å²) in [5.41, 5.74) is 0. The van der Waals surface area contributed by atoms with E-state index in [0.29, 0.717) is 25.3 Å². The number of hydrogen-bond acceptors (Lipinski definition) is 5. The largest absolute Gasteiger partial charge is 0.340 e. The van der Waals surface area contributed by atoms with Gasteiger partial charge in [0.05, 0.1) is 11.8 Å². The van der Waals surface area contributed by atoms with E-state index in [2.05, 4.69) is 10.1 Å². The molecule has 1 atom stereocenters. The standard InChI is InChI=1S/C16H27N5O3S/c1-12-17-13(2)21(18-12)16-10-19(11-16)25(23,24)9-7-15-6-4-5-8-20(15)14(3)22/h15-16H,4-11H2,1-3H3. The SMILES string of the molecule is CC(=O)N1CCCCC1CCS(=O)(=O)N1CC(n2nc(C)nc2C)C1. The third-order valence-corrected chi connectivity index (χ3v) is 7.05. The van der Waals surface area contributed by atoms with Crippen LogP contribution in [0.4, 0.5) is 0 Å². The smallest absolute Gasteiger partial charge is 0.219 e. The lowest BCUT2D eigenvalue weighted by atomic mass is 10.00. The second-order valence-corrected chi connectivity index (χ2v) is 9.18. The van der Waals surface area contributed by atoms with Gasteiger partial charge in [0.25, 0.3) is 0 Å². The Morgan fingerprint density at radius 1 is 1.24 bits per heavy atom. The van der Waals surface area contributed by atoms with E-state index in [1.54, 1.807) is 6.92 Å². The molecular weight excluding hydrogens is 342 g/mol. The van der Waals surface area contributed by atoms with Gasteiger partial charge in [0.1, 0.15) is 11.6 Å². The van der Waals surface area contributed by atoms with Crippen molar-refractivity contribution in [2.45, 2.75) is 58.5 Å². The molecule has 1 aromatic rings. The number of sulfonamides is 1. The van der Waals surface area contributed by atoms with Gasteiger partial charge in [0.15, 0.2) is 0 Å². The van der Waals surface area contributed by atoms with Gasteiger partial charge in [-0.15, -0.1) is 0 Å². The Kier molecular flexibility index (Phi) is 5.15. The average molecular weight is 369 g/mol. The van der Waals surface area contributed by atoms with Crippen LogP contribution >= 0.6 is 0 Å². The van der Waals surface area contributed by atoms with Gasteiger partial charge >= 0.3 is 0 Å². The first-order valence-corrected chi connectivity index (χ1v) is 10.5. The fraction of sp³-hybridized carbons (Fsp3) is 0.812. The van der Waals surface area contributed by atoms with Crippen molar-refractivity contribution >= 4 is 15.9 Å². The van der Waals surface area contributed by atoms with Crippen LogP contribution in [0.5, 0.6) is 0 Å². The van der Waals surface area contributed by atoms with Crippen molar-refractivity contribution in [2.24, 2.45) is 0 Å². The summed E-state index contributed by atoms with van der Waals surface area (Å²) < 4.78 is 28.5. The maximum Gasteiger partial charge on any atom is 0.219 e. The number of amides is 1. The van der Waals surface area contributed by atoms with Gasteiger partial charge in [-0.25, -0.2) is 18.1 Å². The molecule has 0 saturated carbocycles. The fourth-order valence-electron chi connectivity index (χ4n) is 3.81.